The number of amides is 1. The number of rotatable bonds is 8. The SMILES string of the molecule is CC(CNC(=O)c1cccc(S(=O)(=O)NCc2cccs2)c1)C(=O)O. The molecule has 1 unspecified atom stereocenters. The van der Waals surface area contributed by atoms with Gasteiger partial charge in [0.2, 0.25) is 10.0 Å². The molecule has 0 bridgehead atoms. The van der Waals surface area contributed by atoms with Crippen LogP contribution < -0.4 is 10.0 Å². The van der Waals surface area contributed by atoms with E-state index in [0.29, 0.717) is 0 Å². The van der Waals surface area contributed by atoms with Gasteiger partial charge >= 0.3 is 5.97 Å². The number of aliphatic carboxylic acids is 1. The van der Waals surface area contributed by atoms with Crippen molar-refractivity contribution in [3.05, 3.63) is 52.2 Å². The average Bonchev–Trinajstić information content (AvgIpc) is 3.11. The minimum atomic E-state index is -3.75. The molecule has 0 aliphatic rings. The summed E-state index contributed by atoms with van der Waals surface area (Å²) in [5.74, 6) is -2.28. The number of carboxylic acid groups (broad SMARTS) is 1. The number of benzene rings is 1. The van der Waals surface area contributed by atoms with Crippen LogP contribution in [0.25, 0.3) is 0 Å². The maximum atomic E-state index is 12.3. The molecule has 1 amide bonds. The number of thiophene rings is 1. The van der Waals surface area contributed by atoms with E-state index in [1.54, 1.807) is 0 Å². The molecule has 0 aliphatic carbocycles. The summed E-state index contributed by atoms with van der Waals surface area (Å²) in [6, 6.07) is 9.25. The highest BCUT2D eigenvalue weighted by molar-refractivity contribution is 7.89. The Kier molecular flexibility index (Phi) is 6.29. The molecule has 1 heterocycles. The van der Waals surface area contributed by atoms with E-state index in [0.717, 1.165) is 4.88 Å². The van der Waals surface area contributed by atoms with Gasteiger partial charge in [-0.25, -0.2) is 13.1 Å². The Morgan fingerprint density at radius 1 is 1.24 bits per heavy atom. The summed E-state index contributed by atoms with van der Waals surface area (Å²) in [5, 5.41) is 13.1. The lowest BCUT2D eigenvalue weighted by atomic mass is 10.1. The van der Waals surface area contributed by atoms with E-state index >= 15 is 0 Å². The molecule has 1 atom stereocenters. The van der Waals surface area contributed by atoms with Gasteiger partial charge in [0.1, 0.15) is 0 Å². The van der Waals surface area contributed by atoms with Crippen molar-refractivity contribution < 1.29 is 23.1 Å². The van der Waals surface area contributed by atoms with Crippen molar-refractivity contribution in [1.29, 1.82) is 0 Å². The van der Waals surface area contributed by atoms with E-state index in [1.807, 2.05) is 17.5 Å². The van der Waals surface area contributed by atoms with Gasteiger partial charge in [-0.15, -0.1) is 11.3 Å². The van der Waals surface area contributed by atoms with E-state index in [2.05, 4.69) is 10.0 Å². The maximum Gasteiger partial charge on any atom is 0.308 e. The highest BCUT2D eigenvalue weighted by Gasteiger charge is 2.17. The van der Waals surface area contributed by atoms with E-state index in [4.69, 9.17) is 5.11 Å². The quantitative estimate of drug-likeness (QED) is 0.643. The smallest absolute Gasteiger partial charge is 0.308 e. The number of carbonyl (C=O) groups is 2. The van der Waals surface area contributed by atoms with Crippen LogP contribution in [0, 0.1) is 5.92 Å². The molecule has 9 heteroatoms. The van der Waals surface area contributed by atoms with Crippen molar-refractivity contribution in [2.45, 2.75) is 18.4 Å². The van der Waals surface area contributed by atoms with Crippen LogP contribution >= 0.6 is 11.3 Å². The lowest BCUT2D eigenvalue weighted by molar-refractivity contribution is -0.140. The normalized spacial score (nSPS) is 12.5. The van der Waals surface area contributed by atoms with Gasteiger partial charge in [0.05, 0.1) is 10.8 Å². The number of hydrogen-bond donors (Lipinski definition) is 3. The van der Waals surface area contributed by atoms with E-state index in [9.17, 15) is 18.0 Å². The van der Waals surface area contributed by atoms with Gasteiger partial charge in [-0.2, -0.15) is 0 Å². The van der Waals surface area contributed by atoms with Crippen molar-refractivity contribution in [3.63, 3.8) is 0 Å². The second-order valence-corrected chi connectivity index (χ2v) is 8.18. The molecule has 0 spiro atoms. The van der Waals surface area contributed by atoms with Gasteiger partial charge in [-0.05, 0) is 29.6 Å². The molecule has 0 fully saturated rings. The van der Waals surface area contributed by atoms with E-state index in [-0.39, 0.29) is 23.5 Å². The third-order valence-corrected chi connectivity index (χ3v) is 5.69. The zero-order valence-electron chi connectivity index (χ0n) is 13.4. The fraction of sp³-hybridized carbons (Fsp3) is 0.250. The van der Waals surface area contributed by atoms with Gasteiger partial charge in [0.25, 0.3) is 5.91 Å². The summed E-state index contributed by atoms with van der Waals surface area (Å²) in [6.07, 6.45) is 0. The number of carbonyl (C=O) groups excluding carboxylic acids is 1. The van der Waals surface area contributed by atoms with Crippen LogP contribution in [0.15, 0.2) is 46.7 Å². The monoisotopic (exact) mass is 382 g/mol. The first-order chi connectivity index (χ1) is 11.8. The number of carboxylic acids is 1. The second kappa shape index (κ2) is 8.24. The summed E-state index contributed by atoms with van der Waals surface area (Å²) in [7, 11) is -3.75. The van der Waals surface area contributed by atoms with E-state index < -0.39 is 27.8 Å². The molecule has 0 saturated carbocycles. The minimum Gasteiger partial charge on any atom is -0.481 e. The van der Waals surface area contributed by atoms with Crippen LogP contribution in [0.2, 0.25) is 0 Å². The van der Waals surface area contributed by atoms with Crippen molar-refractivity contribution in [3.8, 4) is 0 Å². The minimum absolute atomic E-state index is 0.0250. The molecule has 0 saturated heterocycles. The number of nitrogens with one attached hydrogen (secondary N) is 2. The molecule has 0 aliphatic heterocycles. The summed E-state index contributed by atoms with van der Waals surface area (Å²) < 4.78 is 27.2. The van der Waals surface area contributed by atoms with Crippen LogP contribution in [0.5, 0.6) is 0 Å². The zero-order valence-corrected chi connectivity index (χ0v) is 15.1. The highest BCUT2D eigenvalue weighted by atomic mass is 32.2. The molecule has 2 aromatic rings. The lowest BCUT2D eigenvalue weighted by Crippen LogP contribution is -2.31. The Hall–Kier alpha value is -2.23. The van der Waals surface area contributed by atoms with Crippen LogP contribution in [0.4, 0.5) is 0 Å². The molecule has 3 N–H and O–H groups in total. The summed E-state index contributed by atoms with van der Waals surface area (Å²) in [6.45, 7) is 1.60. The molecular weight excluding hydrogens is 364 g/mol. The first-order valence-corrected chi connectivity index (χ1v) is 9.79. The Labute approximate surface area is 149 Å². The Balaban J connectivity index is 2.06. The number of sulfonamides is 1. The third-order valence-electron chi connectivity index (χ3n) is 3.41. The van der Waals surface area contributed by atoms with E-state index in [1.165, 1.54) is 42.5 Å². The van der Waals surface area contributed by atoms with Gasteiger partial charge < -0.3 is 10.4 Å². The molecule has 134 valence electrons. The topological polar surface area (TPSA) is 113 Å². The van der Waals surface area contributed by atoms with Crippen molar-refractivity contribution in [2.75, 3.05) is 6.54 Å². The first-order valence-electron chi connectivity index (χ1n) is 7.42. The van der Waals surface area contributed by atoms with Crippen molar-refractivity contribution in [2.24, 2.45) is 5.92 Å². The zero-order chi connectivity index (χ0) is 18.4. The predicted octanol–water partition coefficient (Wildman–Crippen LogP) is 1.68. The van der Waals surface area contributed by atoms with Gasteiger partial charge in [-0.1, -0.05) is 19.1 Å². The van der Waals surface area contributed by atoms with Crippen molar-refractivity contribution >= 4 is 33.2 Å². The molecular formula is C16H18N2O5S2. The highest BCUT2D eigenvalue weighted by Crippen LogP contribution is 2.14. The Morgan fingerprint density at radius 2 is 2.00 bits per heavy atom. The Morgan fingerprint density at radius 3 is 2.64 bits per heavy atom. The van der Waals surface area contributed by atoms with Gasteiger partial charge in [0, 0.05) is 23.5 Å². The Bertz CT molecular complexity index is 847. The standard InChI is InChI=1S/C16H18N2O5S2/c1-11(16(20)21)9-17-15(19)12-4-2-6-14(8-12)25(22,23)18-10-13-5-3-7-24-13/h2-8,11,18H,9-10H2,1H3,(H,17,19)(H,20,21). The van der Waals surface area contributed by atoms with Crippen LogP contribution in [0.1, 0.15) is 22.2 Å². The number of hydrogen-bond acceptors (Lipinski definition) is 5. The van der Waals surface area contributed by atoms with Crippen molar-refractivity contribution in [1.82, 2.24) is 10.0 Å². The molecule has 25 heavy (non-hydrogen) atoms. The average molecular weight is 382 g/mol. The molecule has 2 rings (SSSR count). The van der Waals surface area contributed by atoms with Crippen LogP contribution in [0.3, 0.4) is 0 Å². The molecule has 1 aromatic heterocycles. The molecule has 0 radical (unpaired) electrons. The summed E-state index contributed by atoms with van der Waals surface area (Å²) in [4.78, 5) is 23.7. The largest absolute Gasteiger partial charge is 0.481 e. The molecule has 1 aromatic carbocycles. The maximum absolute atomic E-state index is 12.3. The van der Waals surface area contributed by atoms with Gasteiger partial charge in [-0.3, -0.25) is 9.59 Å². The first kappa shape index (κ1) is 19.1. The van der Waals surface area contributed by atoms with Gasteiger partial charge in [0.15, 0.2) is 0 Å². The fourth-order valence-corrected chi connectivity index (χ4v) is 3.69. The van der Waals surface area contributed by atoms with Crippen LogP contribution in [-0.2, 0) is 21.4 Å². The second-order valence-electron chi connectivity index (χ2n) is 5.38. The lowest BCUT2D eigenvalue weighted by Gasteiger charge is -2.10. The van der Waals surface area contributed by atoms with Crippen LogP contribution in [-0.4, -0.2) is 31.9 Å². The summed E-state index contributed by atoms with van der Waals surface area (Å²) >= 11 is 1.44. The summed E-state index contributed by atoms with van der Waals surface area (Å²) in [5.41, 5.74) is 0.150. The molecule has 7 nitrogen and oxygen atoms in total. The predicted molar refractivity (Wildman–Crippen MR) is 93.9 cm³/mol. The fourth-order valence-electron chi connectivity index (χ4n) is 1.90. The third kappa shape index (κ3) is 5.38.